The average Bonchev–Trinajstić information content (AvgIpc) is 3.16. The highest BCUT2D eigenvalue weighted by molar-refractivity contribution is 5.89. The van der Waals surface area contributed by atoms with Crippen molar-refractivity contribution in [3.8, 4) is 0 Å². The Labute approximate surface area is 166 Å². The molecule has 1 aliphatic heterocycles. The van der Waals surface area contributed by atoms with Crippen LogP contribution < -0.4 is 0 Å². The molecule has 2 aromatic rings. The number of halogens is 5. The lowest BCUT2D eigenvalue weighted by atomic mass is 10.1. The first-order chi connectivity index (χ1) is 14.1. The number of esters is 1. The van der Waals surface area contributed by atoms with Gasteiger partial charge in [0.15, 0.2) is 17.6 Å². The molecule has 1 aliphatic carbocycles. The zero-order chi connectivity index (χ0) is 21.7. The summed E-state index contributed by atoms with van der Waals surface area (Å²) in [6, 6.07) is 6.17. The molecule has 4 rings (SSSR count). The molecule has 0 radical (unpaired) electrons. The lowest BCUT2D eigenvalue weighted by molar-refractivity contribution is -0.147. The summed E-state index contributed by atoms with van der Waals surface area (Å²) in [6.45, 7) is -0.337. The SMILES string of the molecule is O=C1COCC(n2nc(C(F)(F)F)c3c2CC(F)(F)[C@H]3OC(=O)c2ccccc2)C1. The van der Waals surface area contributed by atoms with Gasteiger partial charge in [-0.15, -0.1) is 0 Å². The van der Waals surface area contributed by atoms with Crippen molar-refractivity contribution < 1.29 is 41.0 Å². The highest BCUT2D eigenvalue weighted by atomic mass is 19.4. The van der Waals surface area contributed by atoms with Gasteiger partial charge in [0.2, 0.25) is 0 Å². The zero-order valence-corrected chi connectivity index (χ0v) is 15.3. The van der Waals surface area contributed by atoms with E-state index in [1.54, 1.807) is 6.07 Å². The summed E-state index contributed by atoms with van der Waals surface area (Å²) in [7, 11) is 0. The topological polar surface area (TPSA) is 70.4 Å². The molecule has 0 saturated carbocycles. The number of hydrogen-bond donors (Lipinski definition) is 0. The fourth-order valence-corrected chi connectivity index (χ4v) is 3.71. The zero-order valence-electron chi connectivity index (χ0n) is 15.3. The summed E-state index contributed by atoms with van der Waals surface area (Å²) in [4.78, 5) is 23.9. The number of rotatable bonds is 3. The molecule has 160 valence electrons. The van der Waals surface area contributed by atoms with Crippen molar-refractivity contribution in [1.82, 2.24) is 9.78 Å². The third kappa shape index (κ3) is 3.57. The summed E-state index contributed by atoms with van der Waals surface area (Å²) in [5.41, 5.74) is -2.93. The van der Waals surface area contributed by atoms with Crippen LogP contribution in [0.15, 0.2) is 30.3 Å². The normalized spacial score (nSPS) is 23.3. The number of ether oxygens (including phenoxy) is 2. The third-order valence-electron chi connectivity index (χ3n) is 4.98. The molecule has 1 fully saturated rings. The van der Waals surface area contributed by atoms with Gasteiger partial charge in [0.25, 0.3) is 5.92 Å². The standard InChI is InChI=1S/C19H15F5N2O4/c20-18(21)7-13-14(16(18)30-17(28)10-4-2-1-3-5-10)15(19(22,23)24)25-26(13)11-6-12(27)9-29-8-11/h1-5,11,16H,6-9H2/t11?,16-/m0/s1. The van der Waals surface area contributed by atoms with Crippen molar-refractivity contribution in [2.45, 2.75) is 37.1 Å². The number of carbonyl (C=O) groups excluding carboxylic acids is 2. The van der Waals surface area contributed by atoms with Gasteiger partial charge in [-0.25, -0.2) is 13.6 Å². The fourth-order valence-electron chi connectivity index (χ4n) is 3.71. The van der Waals surface area contributed by atoms with Crippen molar-refractivity contribution in [2.75, 3.05) is 13.2 Å². The van der Waals surface area contributed by atoms with E-state index in [4.69, 9.17) is 9.47 Å². The maximum absolute atomic E-state index is 14.7. The second kappa shape index (κ2) is 7.15. The molecule has 1 aromatic heterocycles. The minimum atomic E-state index is -5.06. The van der Waals surface area contributed by atoms with Crippen LogP contribution in [-0.2, 0) is 26.9 Å². The Morgan fingerprint density at radius 3 is 2.57 bits per heavy atom. The van der Waals surface area contributed by atoms with Crippen LogP contribution in [0, 0.1) is 0 Å². The second-order valence-corrected chi connectivity index (χ2v) is 7.15. The first kappa shape index (κ1) is 20.5. The number of alkyl halides is 5. The first-order valence-electron chi connectivity index (χ1n) is 8.99. The first-order valence-corrected chi connectivity index (χ1v) is 8.99. The fraction of sp³-hybridized carbons (Fsp3) is 0.421. The molecule has 0 bridgehead atoms. The minimum Gasteiger partial charge on any atom is -0.447 e. The molecule has 2 atom stereocenters. The van der Waals surface area contributed by atoms with Gasteiger partial charge in [-0.1, -0.05) is 18.2 Å². The van der Waals surface area contributed by atoms with E-state index in [9.17, 15) is 31.5 Å². The van der Waals surface area contributed by atoms with Gasteiger partial charge in [-0.3, -0.25) is 9.48 Å². The third-order valence-corrected chi connectivity index (χ3v) is 4.98. The number of benzene rings is 1. The van der Waals surface area contributed by atoms with Crippen LogP contribution in [0.25, 0.3) is 0 Å². The number of carbonyl (C=O) groups is 2. The van der Waals surface area contributed by atoms with Gasteiger partial charge in [0.05, 0.1) is 35.9 Å². The maximum atomic E-state index is 14.7. The molecule has 0 spiro atoms. The van der Waals surface area contributed by atoms with Gasteiger partial charge in [-0.05, 0) is 12.1 Å². The lowest BCUT2D eigenvalue weighted by Gasteiger charge is -2.24. The van der Waals surface area contributed by atoms with Crippen LogP contribution >= 0.6 is 0 Å². The van der Waals surface area contributed by atoms with E-state index >= 15 is 0 Å². The maximum Gasteiger partial charge on any atom is 0.435 e. The van der Waals surface area contributed by atoms with E-state index < -0.39 is 53.6 Å². The van der Waals surface area contributed by atoms with Gasteiger partial charge in [-0.2, -0.15) is 18.3 Å². The largest absolute Gasteiger partial charge is 0.447 e. The molecular formula is C19H15F5N2O4. The predicted molar refractivity (Wildman–Crippen MR) is 90.0 cm³/mol. The van der Waals surface area contributed by atoms with E-state index in [0.29, 0.717) is 0 Å². The van der Waals surface area contributed by atoms with Gasteiger partial charge >= 0.3 is 12.1 Å². The number of nitrogens with zero attached hydrogens (tertiary/aromatic N) is 2. The summed E-state index contributed by atoms with van der Waals surface area (Å²) in [5.74, 6) is -5.33. The molecule has 2 aliphatic rings. The van der Waals surface area contributed by atoms with Crippen molar-refractivity contribution in [3.63, 3.8) is 0 Å². The highest BCUT2D eigenvalue weighted by Gasteiger charge is 2.58. The molecule has 11 heteroatoms. The smallest absolute Gasteiger partial charge is 0.435 e. The van der Waals surface area contributed by atoms with Crippen LogP contribution in [0.5, 0.6) is 0 Å². The molecular weight excluding hydrogens is 415 g/mol. The minimum absolute atomic E-state index is 0.0750. The summed E-state index contributed by atoms with van der Waals surface area (Å²) < 4.78 is 81.0. The van der Waals surface area contributed by atoms with Gasteiger partial charge < -0.3 is 9.47 Å². The Balaban J connectivity index is 1.76. The Hall–Kier alpha value is -2.82. The molecule has 6 nitrogen and oxygen atoms in total. The summed E-state index contributed by atoms with van der Waals surface area (Å²) >= 11 is 0. The van der Waals surface area contributed by atoms with Crippen LogP contribution in [0.2, 0.25) is 0 Å². The van der Waals surface area contributed by atoms with Gasteiger partial charge in [0.1, 0.15) is 6.61 Å². The predicted octanol–water partition coefficient (Wildman–Crippen LogP) is 3.52. The molecule has 30 heavy (non-hydrogen) atoms. The molecule has 0 amide bonds. The number of aromatic nitrogens is 2. The number of fused-ring (bicyclic) bond motifs is 1. The van der Waals surface area contributed by atoms with E-state index in [2.05, 4.69) is 5.10 Å². The quantitative estimate of drug-likeness (QED) is 0.551. The molecule has 1 saturated heterocycles. The van der Waals surface area contributed by atoms with Crippen LogP contribution in [0.3, 0.4) is 0 Å². The van der Waals surface area contributed by atoms with Gasteiger partial charge in [0, 0.05) is 6.42 Å². The Kier molecular flexibility index (Phi) is 4.88. The molecule has 1 unspecified atom stereocenters. The highest BCUT2D eigenvalue weighted by Crippen LogP contribution is 2.51. The van der Waals surface area contributed by atoms with E-state index in [1.807, 2.05) is 0 Å². The monoisotopic (exact) mass is 430 g/mol. The average molecular weight is 430 g/mol. The van der Waals surface area contributed by atoms with Crippen molar-refractivity contribution in [1.29, 1.82) is 0 Å². The van der Waals surface area contributed by atoms with Crippen LogP contribution in [0.1, 0.15) is 45.9 Å². The van der Waals surface area contributed by atoms with E-state index in [0.717, 1.165) is 4.68 Å². The number of hydrogen-bond acceptors (Lipinski definition) is 5. The molecule has 0 N–H and O–H groups in total. The number of Topliss-reactive ketones (excluding diaryl/α,β-unsaturated/α-hetero) is 1. The Bertz CT molecular complexity index is 987. The molecule has 1 aromatic carbocycles. The second-order valence-electron chi connectivity index (χ2n) is 7.15. The van der Waals surface area contributed by atoms with Crippen molar-refractivity contribution in [2.24, 2.45) is 0 Å². The van der Waals surface area contributed by atoms with E-state index in [1.165, 1.54) is 24.3 Å². The summed E-state index contributed by atoms with van der Waals surface area (Å²) in [5, 5.41) is 3.49. The molecule has 2 heterocycles. The van der Waals surface area contributed by atoms with E-state index in [-0.39, 0.29) is 31.0 Å². The Morgan fingerprint density at radius 2 is 1.93 bits per heavy atom. The number of ketones is 1. The van der Waals surface area contributed by atoms with Crippen molar-refractivity contribution >= 4 is 11.8 Å². The van der Waals surface area contributed by atoms with Crippen LogP contribution in [0.4, 0.5) is 22.0 Å². The lowest BCUT2D eigenvalue weighted by Crippen LogP contribution is -2.31. The van der Waals surface area contributed by atoms with Crippen LogP contribution in [-0.4, -0.2) is 40.7 Å². The van der Waals surface area contributed by atoms with Crippen molar-refractivity contribution in [3.05, 3.63) is 52.8 Å². The summed E-state index contributed by atoms with van der Waals surface area (Å²) in [6.07, 6.45) is -8.81. The Morgan fingerprint density at radius 1 is 1.23 bits per heavy atom.